The van der Waals surface area contributed by atoms with Gasteiger partial charge in [0.15, 0.2) is 0 Å². The first-order valence-electron chi connectivity index (χ1n) is 11.1. The molecule has 2 aromatic carbocycles. The monoisotopic (exact) mass is 433 g/mol. The second-order valence-corrected chi connectivity index (χ2v) is 8.48. The minimum atomic E-state index is -0.439. The SMILES string of the molecule is CC(=O)C(=[NH2+])c1ccccc1NCC(=O)N1CCC[C@H]1C(=O)NC1C[C@H]1c1ccccc1. The third-order valence-electron chi connectivity index (χ3n) is 6.25. The topological polar surface area (TPSA) is 104 Å². The Labute approximate surface area is 187 Å². The van der Waals surface area contributed by atoms with Crippen LogP contribution in [0.3, 0.4) is 0 Å². The molecule has 4 rings (SSSR count). The van der Waals surface area contributed by atoms with Crippen molar-refractivity contribution in [3.05, 3.63) is 65.7 Å². The van der Waals surface area contributed by atoms with Crippen LogP contribution < -0.4 is 16.0 Å². The molecule has 0 spiro atoms. The highest BCUT2D eigenvalue weighted by Crippen LogP contribution is 2.40. The highest BCUT2D eigenvalue weighted by atomic mass is 16.2. The molecule has 1 aliphatic heterocycles. The standard InChI is InChI=1S/C25H28N4O3/c1-16(30)24(26)18-10-5-6-11-20(18)27-15-23(31)29-13-7-12-22(29)25(32)28-21-14-19(21)17-8-3-2-4-9-17/h2-6,8-11,19,21-22,26-27H,7,12-15H2,1H3,(H,28,32)/p+1/t19-,21?,22-/m0/s1. The number of amides is 2. The largest absolute Gasteiger partial charge is 0.375 e. The van der Waals surface area contributed by atoms with Crippen LogP contribution in [-0.2, 0) is 14.4 Å². The molecule has 2 fully saturated rings. The van der Waals surface area contributed by atoms with Crippen molar-refractivity contribution in [1.82, 2.24) is 10.2 Å². The molecule has 0 radical (unpaired) electrons. The van der Waals surface area contributed by atoms with Gasteiger partial charge in [0.2, 0.25) is 23.3 Å². The second kappa shape index (κ2) is 9.34. The van der Waals surface area contributed by atoms with Crippen LogP contribution in [0.4, 0.5) is 5.69 Å². The first-order valence-corrected chi connectivity index (χ1v) is 11.1. The van der Waals surface area contributed by atoms with Gasteiger partial charge in [0, 0.05) is 31.1 Å². The fraction of sp³-hybridized carbons (Fsp3) is 0.360. The highest BCUT2D eigenvalue weighted by Gasteiger charge is 2.42. The van der Waals surface area contributed by atoms with E-state index in [1.165, 1.54) is 12.5 Å². The zero-order valence-corrected chi connectivity index (χ0v) is 18.2. The molecule has 2 aliphatic rings. The molecule has 4 N–H and O–H groups in total. The van der Waals surface area contributed by atoms with Crippen LogP contribution in [0.15, 0.2) is 54.6 Å². The summed E-state index contributed by atoms with van der Waals surface area (Å²) in [6.07, 6.45) is 2.41. The molecule has 0 aromatic heterocycles. The molecule has 1 unspecified atom stereocenters. The number of benzene rings is 2. The Balaban J connectivity index is 1.34. The maximum Gasteiger partial charge on any atom is 0.249 e. The number of para-hydroxylation sites is 1. The van der Waals surface area contributed by atoms with E-state index in [0.717, 1.165) is 12.8 Å². The second-order valence-electron chi connectivity index (χ2n) is 8.48. The van der Waals surface area contributed by atoms with Gasteiger partial charge in [-0.2, -0.15) is 0 Å². The lowest BCUT2D eigenvalue weighted by atomic mass is 10.1. The zero-order chi connectivity index (χ0) is 22.7. The summed E-state index contributed by atoms with van der Waals surface area (Å²) in [5, 5.41) is 12.1. The molecule has 166 valence electrons. The van der Waals surface area contributed by atoms with E-state index in [0.29, 0.717) is 30.1 Å². The van der Waals surface area contributed by atoms with E-state index in [1.807, 2.05) is 24.3 Å². The molecule has 7 nitrogen and oxygen atoms in total. The fourth-order valence-corrected chi connectivity index (χ4v) is 4.37. The number of likely N-dealkylation sites (tertiary alicyclic amines) is 1. The first kappa shape index (κ1) is 21.7. The van der Waals surface area contributed by atoms with Crippen LogP contribution in [0.5, 0.6) is 0 Å². The Morgan fingerprint density at radius 1 is 1.06 bits per heavy atom. The van der Waals surface area contributed by atoms with Crippen LogP contribution in [0.1, 0.15) is 43.2 Å². The molecule has 1 saturated heterocycles. The van der Waals surface area contributed by atoms with Gasteiger partial charge in [-0.05, 0) is 37.0 Å². The van der Waals surface area contributed by atoms with E-state index in [4.69, 9.17) is 5.41 Å². The third kappa shape index (κ3) is 4.72. The van der Waals surface area contributed by atoms with E-state index in [-0.39, 0.29) is 35.9 Å². The average Bonchev–Trinajstić information content (AvgIpc) is 3.39. The van der Waals surface area contributed by atoms with Gasteiger partial charge in [0.25, 0.3) is 0 Å². The van der Waals surface area contributed by atoms with Gasteiger partial charge in [0.1, 0.15) is 6.04 Å². The van der Waals surface area contributed by atoms with E-state index in [9.17, 15) is 14.4 Å². The summed E-state index contributed by atoms with van der Waals surface area (Å²) in [6, 6.07) is 17.0. The summed E-state index contributed by atoms with van der Waals surface area (Å²) in [7, 11) is 0. The number of carbonyl (C=O) groups excluding carboxylic acids is 3. The van der Waals surface area contributed by atoms with Crippen molar-refractivity contribution in [1.29, 1.82) is 0 Å². The van der Waals surface area contributed by atoms with Crippen LogP contribution >= 0.6 is 0 Å². The highest BCUT2D eigenvalue weighted by molar-refractivity contribution is 6.43. The van der Waals surface area contributed by atoms with E-state index in [1.54, 1.807) is 23.1 Å². The summed E-state index contributed by atoms with van der Waals surface area (Å²) in [6.45, 7) is 2.00. The predicted molar refractivity (Wildman–Crippen MR) is 122 cm³/mol. The Bertz CT molecular complexity index is 1040. The molecule has 1 saturated carbocycles. The minimum Gasteiger partial charge on any atom is -0.375 e. The lowest BCUT2D eigenvalue weighted by Gasteiger charge is -2.24. The van der Waals surface area contributed by atoms with Crippen LogP contribution in [0, 0.1) is 0 Å². The molecule has 1 heterocycles. The van der Waals surface area contributed by atoms with Gasteiger partial charge in [-0.15, -0.1) is 0 Å². The molecule has 3 atom stereocenters. The van der Waals surface area contributed by atoms with Crippen molar-refractivity contribution in [2.75, 3.05) is 18.4 Å². The van der Waals surface area contributed by atoms with Crippen LogP contribution in [0.25, 0.3) is 0 Å². The lowest BCUT2D eigenvalue weighted by Crippen LogP contribution is -2.48. The molecule has 2 amide bonds. The van der Waals surface area contributed by atoms with Gasteiger partial charge >= 0.3 is 0 Å². The van der Waals surface area contributed by atoms with E-state index in [2.05, 4.69) is 22.8 Å². The number of hydrogen-bond acceptors (Lipinski definition) is 4. The number of nitrogens with one attached hydrogen (secondary N) is 2. The molecule has 0 bridgehead atoms. The summed E-state index contributed by atoms with van der Waals surface area (Å²) in [4.78, 5) is 39.1. The molecular formula is C25H29N4O3+. The first-order chi connectivity index (χ1) is 15.5. The number of nitrogens with zero attached hydrogens (tertiary/aromatic N) is 1. The zero-order valence-electron chi connectivity index (χ0n) is 18.2. The number of hydrogen-bond donors (Lipinski definition) is 3. The number of nitrogens with two attached hydrogens (primary N) is 1. The third-order valence-corrected chi connectivity index (χ3v) is 6.25. The van der Waals surface area contributed by atoms with Gasteiger partial charge in [-0.3, -0.25) is 19.8 Å². The lowest BCUT2D eigenvalue weighted by molar-refractivity contribution is -0.137. The molecule has 1 aliphatic carbocycles. The Hall–Kier alpha value is -3.48. The minimum absolute atomic E-state index is 0.0298. The Kier molecular flexibility index (Phi) is 6.35. The molecule has 2 aromatic rings. The maximum atomic E-state index is 12.9. The van der Waals surface area contributed by atoms with Crippen molar-refractivity contribution < 1.29 is 19.8 Å². The quantitative estimate of drug-likeness (QED) is 0.538. The Morgan fingerprint density at radius 3 is 2.53 bits per heavy atom. The van der Waals surface area contributed by atoms with Crippen molar-refractivity contribution in [3.8, 4) is 0 Å². The summed E-state index contributed by atoms with van der Waals surface area (Å²) >= 11 is 0. The average molecular weight is 434 g/mol. The van der Waals surface area contributed by atoms with Crippen molar-refractivity contribution in [3.63, 3.8) is 0 Å². The maximum absolute atomic E-state index is 12.9. The fourth-order valence-electron chi connectivity index (χ4n) is 4.37. The summed E-state index contributed by atoms with van der Waals surface area (Å²) in [5.41, 5.74) is 2.58. The molecular weight excluding hydrogens is 404 g/mol. The van der Waals surface area contributed by atoms with Crippen molar-refractivity contribution >= 4 is 29.0 Å². The van der Waals surface area contributed by atoms with Crippen LogP contribution in [0.2, 0.25) is 0 Å². The number of carbonyl (C=O) groups is 3. The predicted octanol–water partition coefficient (Wildman–Crippen LogP) is 0.899. The summed E-state index contributed by atoms with van der Waals surface area (Å²) < 4.78 is 0. The van der Waals surface area contributed by atoms with E-state index >= 15 is 0 Å². The number of ketones is 1. The van der Waals surface area contributed by atoms with Crippen molar-refractivity contribution in [2.45, 2.75) is 44.2 Å². The normalized spacial score (nSPS) is 21.7. The number of rotatable bonds is 8. The van der Waals surface area contributed by atoms with Gasteiger partial charge in [-0.25, -0.2) is 0 Å². The van der Waals surface area contributed by atoms with Crippen LogP contribution in [-0.4, -0.2) is 53.4 Å². The van der Waals surface area contributed by atoms with Gasteiger partial charge in [-0.1, -0.05) is 42.5 Å². The molecule has 32 heavy (non-hydrogen) atoms. The number of anilines is 1. The van der Waals surface area contributed by atoms with Gasteiger partial charge < -0.3 is 15.5 Å². The van der Waals surface area contributed by atoms with Gasteiger partial charge in [0.05, 0.1) is 12.1 Å². The number of Topliss-reactive ketones (excluding diaryl/α,β-unsaturated/α-hetero) is 1. The smallest absolute Gasteiger partial charge is 0.249 e. The molecule has 7 heteroatoms. The summed E-state index contributed by atoms with van der Waals surface area (Å²) in [5.74, 6) is -0.0920. The van der Waals surface area contributed by atoms with E-state index < -0.39 is 6.04 Å². The Morgan fingerprint density at radius 2 is 1.78 bits per heavy atom. The van der Waals surface area contributed by atoms with Crippen molar-refractivity contribution in [2.24, 2.45) is 0 Å².